The highest BCUT2D eigenvalue weighted by atomic mass is 16.5. The summed E-state index contributed by atoms with van der Waals surface area (Å²) in [5, 5.41) is 8.88. The van der Waals surface area contributed by atoms with Crippen LogP contribution in [0.25, 0.3) is 0 Å². The lowest BCUT2D eigenvalue weighted by molar-refractivity contribution is 0.0685. The van der Waals surface area contributed by atoms with Gasteiger partial charge in [0, 0.05) is 6.20 Å². The number of nitrogens with zero attached hydrogens (tertiary/aromatic N) is 1. The van der Waals surface area contributed by atoms with E-state index in [0.717, 1.165) is 25.7 Å². The molecule has 1 aromatic heterocycles. The molecule has 0 spiro atoms. The highest BCUT2D eigenvalue weighted by Crippen LogP contribution is 2.15. The van der Waals surface area contributed by atoms with Gasteiger partial charge in [-0.2, -0.15) is 0 Å². The van der Waals surface area contributed by atoms with E-state index < -0.39 is 5.97 Å². The van der Waals surface area contributed by atoms with Gasteiger partial charge in [0.25, 0.3) is 0 Å². The van der Waals surface area contributed by atoms with Crippen molar-refractivity contribution in [2.75, 3.05) is 6.61 Å². The number of rotatable bonds is 8. The van der Waals surface area contributed by atoms with Crippen molar-refractivity contribution in [3.8, 4) is 5.75 Å². The summed E-state index contributed by atoms with van der Waals surface area (Å²) in [5.41, 5.74) is -0.0291. The zero-order chi connectivity index (χ0) is 12.5. The minimum atomic E-state index is -1.06. The second-order valence-electron chi connectivity index (χ2n) is 3.64. The molecule has 4 heteroatoms. The Bertz CT molecular complexity index is 377. The summed E-state index contributed by atoms with van der Waals surface area (Å²) >= 11 is 0. The van der Waals surface area contributed by atoms with E-state index in [4.69, 9.17) is 9.84 Å². The molecule has 0 aliphatic rings. The number of aromatic carboxylic acids is 1. The minimum Gasteiger partial charge on any atom is -0.491 e. The molecular formula is C13H17NO3. The molecule has 4 nitrogen and oxygen atoms in total. The molecule has 0 aliphatic carbocycles. The molecule has 0 bridgehead atoms. The number of hydrogen-bond donors (Lipinski definition) is 1. The lowest BCUT2D eigenvalue weighted by Gasteiger charge is -2.07. The van der Waals surface area contributed by atoms with Crippen LogP contribution in [0.1, 0.15) is 36.2 Å². The van der Waals surface area contributed by atoms with Gasteiger partial charge in [-0.1, -0.05) is 6.08 Å². The van der Waals surface area contributed by atoms with Gasteiger partial charge >= 0.3 is 5.97 Å². The van der Waals surface area contributed by atoms with Crippen LogP contribution in [-0.4, -0.2) is 22.7 Å². The van der Waals surface area contributed by atoms with Crippen molar-refractivity contribution < 1.29 is 14.6 Å². The molecule has 1 aromatic rings. The van der Waals surface area contributed by atoms with Crippen LogP contribution < -0.4 is 4.74 Å². The van der Waals surface area contributed by atoms with E-state index in [1.54, 1.807) is 12.1 Å². The van der Waals surface area contributed by atoms with Gasteiger partial charge in [0.05, 0.1) is 6.61 Å². The highest BCUT2D eigenvalue weighted by Gasteiger charge is 2.11. The number of carboxylic acids is 1. The number of allylic oxidation sites excluding steroid dienone is 1. The molecule has 0 fully saturated rings. The number of unbranched alkanes of at least 4 members (excludes halogenated alkanes) is 3. The molecule has 0 atom stereocenters. The molecule has 0 amide bonds. The second kappa shape index (κ2) is 7.44. The number of ether oxygens (including phenoxy) is 1. The topological polar surface area (TPSA) is 59.4 Å². The van der Waals surface area contributed by atoms with Crippen LogP contribution in [0.4, 0.5) is 0 Å². The minimum absolute atomic E-state index is 0.0291. The van der Waals surface area contributed by atoms with Crippen molar-refractivity contribution in [2.24, 2.45) is 0 Å². The van der Waals surface area contributed by atoms with Gasteiger partial charge in [-0.3, -0.25) is 0 Å². The summed E-state index contributed by atoms with van der Waals surface area (Å²) < 4.78 is 5.41. The molecule has 0 saturated carbocycles. The largest absolute Gasteiger partial charge is 0.491 e. The highest BCUT2D eigenvalue weighted by molar-refractivity contribution is 5.88. The SMILES string of the molecule is C=CCCCCCOc1cccnc1C(=O)O. The number of carbonyl (C=O) groups is 1. The van der Waals surface area contributed by atoms with E-state index in [-0.39, 0.29) is 5.69 Å². The Kier molecular flexibility index (Phi) is 5.79. The Morgan fingerprint density at radius 3 is 3.00 bits per heavy atom. The third-order valence-corrected chi connectivity index (χ3v) is 2.28. The second-order valence-corrected chi connectivity index (χ2v) is 3.64. The van der Waals surface area contributed by atoms with Gasteiger partial charge < -0.3 is 9.84 Å². The molecule has 0 unspecified atom stereocenters. The Hall–Kier alpha value is -1.84. The molecule has 0 saturated heterocycles. The van der Waals surface area contributed by atoms with Crippen LogP contribution in [0, 0.1) is 0 Å². The number of hydrogen-bond acceptors (Lipinski definition) is 3. The van der Waals surface area contributed by atoms with E-state index in [9.17, 15) is 4.79 Å². The summed E-state index contributed by atoms with van der Waals surface area (Å²) in [6.07, 6.45) is 7.39. The zero-order valence-corrected chi connectivity index (χ0v) is 9.76. The predicted molar refractivity (Wildman–Crippen MR) is 65.4 cm³/mol. The van der Waals surface area contributed by atoms with Crippen LogP contribution in [0.5, 0.6) is 5.75 Å². The van der Waals surface area contributed by atoms with Crippen LogP contribution in [0.3, 0.4) is 0 Å². The third-order valence-electron chi connectivity index (χ3n) is 2.28. The Labute approximate surface area is 101 Å². The Morgan fingerprint density at radius 2 is 2.29 bits per heavy atom. The fourth-order valence-electron chi connectivity index (χ4n) is 1.42. The van der Waals surface area contributed by atoms with Crippen LogP contribution >= 0.6 is 0 Å². The normalized spacial score (nSPS) is 9.88. The van der Waals surface area contributed by atoms with Gasteiger partial charge in [0.2, 0.25) is 0 Å². The van der Waals surface area contributed by atoms with Gasteiger partial charge in [-0.05, 0) is 37.8 Å². The molecule has 1 rings (SSSR count). The molecule has 1 N–H and O–H groups in total. The van der Waals surface area contributed by atoms with Crippen molar-refractivity contribution in [1.82, 2.24) is 4.98 Å². The summed E-state index contributed by atoms with van der Waals surface area (Å²) in [5.74, 6) is -0.726. The molecule has 17 heavy (non-hydrogen) atoms. The maximum Gasteiger partial charge on any atom is 0.358 e. The first-order valence-corrected chi connectivity index (χ1v) is 5.67. The van der Waals surface area contributed by atoms with E-state index >= 15 is 0 Å². The molecule has 0 aromatic carbocycles. The number of carboxylic acid groups (broad SMARTS) is 1. The molecular weight excluding hydrogens is 218 g/mol. The van der Waals surface area contributed by atoms with E-state index in [1.165, 1.54) is 6.20 Å². The standard InChI is InChI=1S/C13H17NO3/c1-2-3-4-5-6-10-17-11-8-7-9-14-12(11)13(15)16/h2,7-9H,1,3-6,10H2,(H,15,16). The Balaban J connectivity index is 2.36. The quantitative estimate of drug-likeness (QED) is 0.556. The molecule has 0 radical (unpaired) electrons. The summed E-state index contributed by atoms with van der Waals surface area (Å²) in [6.45, 7) is 4.17. The van der Waals surface area contributed by atoms with Gasteiger partial charge in [0.15, 0.2) is 11.4 Å². The van der Waals surface area contributed by atoms with Crippen molar-refractivity contribution in [3.05, 3.63) is 36.7 Å². The van der Waals surface area contributed by atoms with Crippen molar-refractivity contribution in [3.63, 3.8) is 0 Å². The van der Waals surface area contributed by atoms with Gasteiger partial charge in [0.1, 0.15) is 0 Å². The number of aromatic nitrogens is 1. The molecule has 92 valence electrons. The first kappa shape index (κ1) is 13.2. The lowest BCUT2D eigenvalue weighted by Crippen LogP contribution is -2.06. The maximum atomic E-state index is 10.8. The molecule has 0 aliphatic heterocycles. The van der Waals surface area contributed by atoms with E-state index in [0.29, 0.717) is 12.4 Å². The van der Waals surface area contributed by atoms with Crippen LogP contribution in [0.15, 0.2) is 31.0 Å². The third kappa shape index (κ3) is 4.68. The Morgan fingerprint density at radius 1 is 1.47 bits per heavy atom. The zero-order valence-electron chi connectivity index (χ0n) is 9.76. The smallest absolute Gasteiger partial charge is 0.358 e. The van der Waals surface area contributed by atoms with Crippen molar-refractivity contribution in [1.29, 1.82) is 0 Å². The first-order valence-electron chi connectivity index (χ1n) is 5.67. The van der Waals surface area contributed by atoms with E-state index in [1.807, 2.05) is 6.08 Å². The fraction of sp³-hybridized carbons (Fsp3) is 0.385. The molecule has 1 heterocycles. The summed E-state index contributed by atoms with van der Waals surface area (Å²) in [4.78, 5) is 14.6. The number of pyridine rings is 1. The van der Waals surface area contributed by atoms with Gasteiger partial charge in [-0.15, -0.1) is 6.58 Å². The van der Waals surface area contributed by atoms with Crippen LogP contribution in [-0.2, 0) is 0 Å². The average Bonchev–Trinajstić information content (AvgIpc) is 2.34. The predicted octanol–water partition coefficient (Wildman–Crippen LogP) is 2.91. The van der Waals surface area contributed by atoms with Crippen LogP contribution in [0.2, 0.25) is 0 Å². The monoisotopic (exact) mass is 235 g/mol. The summed E-state index contributed by atoms with van der Waals surface area (Å²) in [6, 6.07) is 3.29. The van der Waals surface area contributed by atoms with E-state index in [2.05, 4.69) is 11.6 Å². The average molecular weight is 235 g/mol. The fourth-order valence-corrected chi connectivity index (χ4v) is 1.42. The maximum absolute atomic E-state index is 10.8. The van der Waals surface area contributed by atoms with Gasteiger partial charge in [-0.25, -0.2) is 9.78 Å². The first-order chi connectivity index (χ1) is 8.25. The van der Waals surface area contributed by atoms with Crippen molar-refractivity contribution in [2.45, 2.75) is 25.7 Å². The summed E-state index contributed by atoms with van der Waals surface area (Å²) in [7, 11) is 0. The van der Waals surface area contributed by atoms with Crippen molar-refractivity contribution >= 4 is 5.97 Å². The lowest BCUT2D eigenvalue weighted by atomic mass is 10.2.